The smallest absolute Gasteiger partial charge is 0.165 e. The van der Waals surface area contributed by atoms with E-state index in [0.29, 0.717) is 24.1 Å². The monoisotopic (exact) mass is 348 g/mol. The molecule has 132 valence electrons. The molecule has 0 bridgehead atoms. The quantitative estimate of drug-likeness (QED) is 0.727. The number of nitrogens with zero attached hydrogens (tertiary/aromatic N) is 1. The van der Waals surface area contributed by atoms with E-state index in [4.69, 9.17) is 0 Å². The number of H-pyrrole nitrogens is 1. The summed E-state index contributed by atoms with van der Waals surface area (Å²) in [6.45, 7) is 4.19. The van der Waals surface area contributed by atoms with E-state index < -0.39 is 0 Å². The van der Waals surface area contributed by atoms with Gasteiger partial charge in [0.25, 0.3) is 0 Å². The van der Waals surface area contributed by atoms with Crippen molar-refractivity contribution >= 4 is 5.78 Å². The van der Waals surface area contributed by atoms with Crippen LogP contribution in [0, 0.1) is 11.2 Å². The van der Waals surface area contributed by atoms with Gasteiger partial charge in [-0.05, 0) is 29.0 Å². The fraction of sp³-hybridized carbons (Fsp3) is 0.273. The summed E-state index contributed by atoms with van der Waals surface area (Å²) in [5.41, 5.74) is 4.73. The molecule has 0 amide bonds. The van der Waals surface area contributed by atoms with Gasteiger partial charge in [0.1, 0.15) is 0 Å². The summed E-state index contributed by atoms with van der Waals surface area (Å²) in [5.74, 6) is -0.244. The fourth-order valence-electron chi connectivity index (χ4n) is 3.91. The summed E-state index contributed by atoms with van der Waals surface area (Å²) in [4.78, 5) is 20.1. The highest BCUT2D eigenvalue weighted by molar-refractivity contribution is 6.02. The lowest BCUT2D eigenvalue weighted by molar-refractivity contribution is 0.0911. The van der Waals surface area contributed by atoms with Crippen LogP contribution in [-0.2, 0) is 12.8 Å². The Labute approximate surface area is 152 Å². The molecule has 3 nitrogen and oxygen atoms in total. The standard InChI is InChI=1S/C22H21FN2O/c1-22(2)11-18-20(19(26)12-22)16(10-14-6-4-3-5-7-14)21(25-18)15-8-9-24-13-17(15)23/h3-9,13,25H,10-12H2,1-2H3. The van der Waals surface area contributed by atoms with Gasteiger partial charge < -0.3 is 4.98 Å². The number of fused-ring (bicyclic) bond motifs is 1. The fourth-order valence-corrected chi connectivity index (χ4v) is 3.91. The Kier molecular flexibility index (Phi) is 3.98. The number of benzene rings is 1. The van der Waals surface area contributed by atoms with E-state index in [1.165, 1.54) is 6.20 Å². The van der Waals surface area contributed by atoms with Crippen LogP contribution < -0.4 is 0 Å². The van der Waals surface area contributed by atoms with Crippen molar-refractivity contribution in [2.75, 3.05) is 0 Å². The summed E-state index contributed by atoms with van der Waals surface area (Å²) in [6.07, 6.45) is 4.68. The van der Waals surface area contributed by atoms with Crippen LogP contribution in [0.25, 0.3) is 11.3 Å². The average Bonchev–Trinajstić information content (AvgIpc) is 2.93. The minimum atomic E-state index is -0.382. The van der Waals surface area contributed by atoms with Gasteiger partial charge in [0.05, 0.1) is 11.9 Å². The van der Waals surface area contributed by atoms with Gasteiger partial charge in [-0.2, -0.15) is 0 Å². The van der Waals surface area contributed by atoms with Crippen LogP contribution in [0.15, 0.2) is 48.8 Å². The highest BCUT2D eigenvalue weighted by Gasteiger charge is 2.35. The third kappa shape index (κ3) is 2.96. The van der Waals surface area contributed by atoms with Crippen molar-refractivity contribution in [1.29, 1.82) is 0 Å². The maximum absolute atomic E-state index is 14.4. The molecule has 0 saturated heterocycles. The highest BCUT2D eigenvalue weighted by Crippen LogP contribution is 2.40. The molecule has 2 heterocycles. The third-order valence-corrected chi connectivity index (χ3v) is 5.02. The maximum atomic E-state index is 14.4. The highest BCUT2D eigenvalue weighted by atomic mass is 19.1. The first-order valence-corrected chi connectivity index (χ1v) is 8.85. The minimum absolute atomic E-state index is 0.0903. The van der Waals surface area contributed by atoms with Crippen LogP contribution in [-0.4, -0.2) is 15.8 Å². The van der Waals surface area contributed by atoms with Gasteiger partial charge in [-0.15, -0.1) is 0 Å². The molecule has 3 aromatic rings. The van der Waals surface area contributed by atoms with E-state index in [-0.39, 0.29) is 17.0 Å². The van der Waals surface area contributed by atoms with Crippen LogP contribution in [0.3, 0.4) is 0 Å². The molecular weight excluding hydrogens is 327 g/mol. The SMILES string of the molecule is CC1(C)CC(=O)c2c([nH]c(-c3ccncc3F)c2Cc2ccccc2)C1. The summed E-state index contributed by atoms with van der Waals surface area (Å²) >= 11 is 0. The van der Waals surface area contributed by atoms with E-state index in [1.807, 2.05) is 30.3 Å². The Morgan fingerprint density at radius 1 is 1.15 bits per heavy atom. The molecular formula is C22H21FN2O. The molecule has 0 saturated carbocycles. The van der Waals surface area contributed by atoms with Crippen LogP contribution in [0.1, 0.15) is 47.4 Å². The molecule has 0 unspecified atom stereocenters. The third-order valence-electron chi connectivity index (χ3n) is 5.02. The first-order chi connectivity index (χ1) is 12.4. The molecule has 2 aromatic heterocycles. The first kappa shape index (κ1) is 16.7. The van der Waals surface area contributed by atoms with Crippen molar-refractivity contribution in [1.82, 2.24) is 9.97 Å². The van der Waals surface area contributed by atoms with Crippen LogP contribution in [0.2, 0.25) is 0 Å². The van der Waals surface area contributed by atoms with E-state index in [0.717, 1.165) is 28.8 Å². The van der Waals surface area contributed by atoms with Crippen molar-refractivity contribution in [3.05, 3.63) is 77.0 Å². The Balaban J connectivity index is 1.91. The number of carbonyl (C=O) groups is 1. The molecule has 4 rings (SSSR count). The van der Waals surface area contributed by atoms with Gasteiger partial charge in [-0.25, -0.2) is 4.39 Å². The average molecular weight is 348 g/mol. The van der Waals surface area contributed by atoms with Gasteiger partial charge in [0, 0.05) is 35.9 Å². The summed E-state index contributed by atoms with van der Waals surface area (Å²) in [5, 5.41) is 0. The Morgan fingerprint density at radius 2 is 1.92 bits per heavy atom. The molecule has 1 aliphatic rings. The number of ketones is 1. The first-order valence-electron chi connectivity index (χ1n) is 8.85. The van der Waals surface area contributed by atoms with Gasteiger partial charge in [0.2, 0.25) is 0 Å². The zero-order chi connectivity index (χ0) is 18.3. The van der Waals surface area contributed by atoms with Crippen molar-refractivity contribution in [2.24, 2.45) is 5.41 Å². The Bertz CT molecular complexity index is 973. The number of carbonyl (C=O) groups excluding carboxylic acids is 1. The topological polar surface area (TPSA) is 45.8 Å². The summed E-state index contributed by atoms with van der Waals surface area (Å²) in [7, 11) is 0. The second-order valence-corrected chi connectivity index (χ2v) is 7.79. The van der Waals surface area contributed by atoms with Gasteiger partial charge in [0.15, 0.2) is 11.6 Å². The summed E-state index contributed by atoms with van der Waals surface area (Å²) in [6, 6.07) is 11.6. The molecule has 0 spiro atoms. The Morgan fingerprint density at radius 3 is 2.65 bits per heavy atom. The van der Waals surface area contributed by atoms with Gasteiger partial charge in [-0.1, -0.05) is 44.2 Å². The number of aromatic amines is 1. The predicted octanol–water partition coefficient (Wildman–Crippen LogP) is 4.96. The zero-order valence-electron chi connectivity index (χ0n) is 15.0. The van der Waals surface area contributed by atoms with Crippen LogP contribution in [0.4, 0.5) is 4.39 Å². The van der Waals surface area contributed by atoms with Crippen molar-refractivity contribution in [3.8, 4) is 11.3 Å². The molecule has 1 aromatic carbocycles. The van der Waals surface area contributed by atoms with Crippen molar-refractivity contribution in [2.45, 2.75) is 33.1 Å². The number of hydrogen-bond acceptors (Lipinski definition) is 2. The number of rotatable bonds is 3. The van der Waals surface area contributed by atoms with E-state index in [9.17, 15) is 9.18 Å². The largest absolute Gasteiger partial charge is 0.357 e. The van der Waals surface area contributed by atoms with Gasteiger partial charge >= 0.3 is 0 Å². The minimum Gasteiger partial charge on any atom is -0.357 e. The predicted molar refractivity (Wildman–Crippen MR) is 99.7 cm³/mol. The summed E-state index contributed by atoms with van der Waals surface area (Å²) < 4.78 is 14.4. The molecule has 1 aliphatic carbocycles. The molecule has 0 radical (unpaired) electrons. The van der Waals surface area contributed by atoms with Crippen molar-refractivity contribution < 1.29 is 9.18 Å². The number of aromatic nitrogens is 2. The maximum Gasteiger partial charge on any atom is 0.165 e. The normalized spacial score (nSPS) is 15.7. The molecule has 4 heteroatoms. The molecule has 0 aliphatic heterocycles. The number of hydrogen-bond donors (Lipinski definition) is 1. The lowest BCUT2D eigenvalue weighted by Gasteiger charge is -2.28. The lowest BCUT2D eigenvalue weighted by atomic mass is 9.75. The number of nitrogens with one attached hydrogen (secondary N) is 1. The van der Waals surface area contributed by atoms with E-state index >= 15 is 0 Å². The molecule has 0 fully saturated rings. The van der Waals surface area contributed by atoms with Crippen LogP contribution in [0.5, 0.6) is 0 Å². The number of Topliss-reactive ketones (excluding diaryl/α,β-unsaturated/α-hetero) is 1. The van der Waals surface area contributed by atoms with E-state index in [1.54, 1.807) is 12.3 Å². The molecule has 1 N–H and O–H groups in total. The van der Waals surface area contributed by atoms with E-state index in [2.05, 4.69) is 23.8 Å². The van der Waals surface area contributed by atoms with Gasteiger partial charge in [-0.3, -0.25) is 9.78 Å². The van der Waals surface area contributed by atoms with Crippen molar-refractivity contribution in [3.63, 3.8) is 0 Å². The molecule has 26 heavy (non-hydrogen) atoms. The second-order valence-electron chi connectivity index (χ2n) is 7.79. The number of halogens is 1. The van der Waals surface area contributed by atoms with Crippen LogP contribution >= 0.6 is 0 Å². The molecule has 0 atom stereocenters. The second kappa shape index (κ2) is 6.20. The number of pyridine rings is 1. The Hall–Kier alpha value is -2.75. The zero-order valence-corrected chi connectivity index (χ0v) is 15.0. The lowest BCUT2D eigenvalue weighted by Crippen LogP contribution is -2.27.